The standard InChI is InChI=1S/C21H30N4O3/c1-4-7-8-9-14-25-20(27)18(19(26)23-21(25)28)15-22-16-10-12-17(13-11-16)24(5-2)6-3/h10-13,15,27H,4-9,14H2,1-3H3,(H,23,26,28). The van der Waals surface area contributed by atoms with Gasteiger partial charge in [-0.15, -0.1) is 0 Å². The first-order valence-corrected chi connectivity index (χ1v) is 9.96. The molecular formula is C21H30N4O3. The Morgan fingerprint density at radius 3 is 2.36 bits per heavy atom. The van der Waals surface area contributed by atoms with Crippen LogP contribution in [0.2, 0.25) is 0 Å². The van der Waals surface area contributed by atoms with Crippen molar-refractivity contribution in [1.82, 2.24) is 9.55 Å². The molecule has 2 aromatic rings. The molecule has 0 atom stereocenters. The molecule has 0 fully saturated rings. The third kappa shape index (κ3) is 5.34. The topological polar surface area (TPSA) is 90.7 Å². The van der Waals surface area contributed by atoms with Crippen LogP contribution >= 0.6 is 0 Å². The lowest BCUT2D eigenvalue weighted by atomic mass is 10.2. The maximum atomic E-state index is 12.1. The molecule has 152 valence electrons. The van der Waals surface area contributed by atoms with Gasteiger partial charge in [-0.3, -0.25) is 19.3 Å². The number of H-pyrrole nitrogens is 1. The van der Waals surface area contributed by atoms with Crippen LogP contribution < -0.4 is 16.1 Å². The second-order valence-electron chi connectivity index (χ2n) is 6.66. The van der Waals surface area contributed by atoms with Gasteiger partial charge < -0.3 is 10.0 Å². The van der Waals surface area contributed by atoms with E-state index >= 15 is 0 Å². The number of aromatic amines is 1. The van der Waals surface area contributed by atoms with Gasteiger partial charge in [0.15, 0.2) is 0 Å². The second-order valence-corrected chi connectivity index (χ2v) is 6.66. The van der Waals surface area contributed by atoms with Crippen molar-refractivity contribution >= 4 is 17.6 Å². The smallest absolute Gasteiger partial charge is 0.331 e. The highest BCUT2D eigenvalue weighted by molar-refractivity contribution is 5.84. The molecule has 0 unspecified atom stereocenters. The van der Waals surface area contributed by atoms with E-state index in [-0.39, 0.29) is 11.4 Å². The van der Waals surface area contributed by atoms with E-state index in [1.165, 1.54) is 10.8 Å². The lowest BCUT2D eigenvalue weighted by molar-refractivity contribution is 0.392. The zero-order chi connectivity index (χ0) is 20.5. The number of anilines is 1. The minimum Gasteiger partial charge on any atom is -0.494 e. The van der Waals surface area contributed by atoms with Crippen LogP contribution in [0.25, 0.3) is 0 Å². The second kappa shape index (κ2) is 10.5. The Bertz CT molecular complexity index is 893. The minimum absolute atomic E-state index is 0.0112. The quantitative estimate of drug-likeness (QED) is 0.483. The number of rotatable bonds is 10. The summed E-state index contributed by atoms with van der Waals surface area (Å²) in [5.74, 6) is -0.339. The van der Waals surface area contributed by atoms with E-state index in [9.17, 15) is 14.7 Å². The van der Waals surface area contributed by atoms with Gasteiger partial charge in [-0.25, -0.2) is 4.79 Å². The Hall–Kier alpha value is -2.83. The van der Waals surface area contributed by atoms with E-state index in [1.54, 1.807) is 0 Å². The fourth-order valence-electron chi connectivity index (χ4n) is 3.07. The summed E-state index contributed by atoms with van der Waals surface area (Å²) < 4.78 is 1.20. The van der Waals surface area contributed by atoms with E-state index in [0.717, 1.165) is 44.5 Å². The van der Waals surface area contributed by atoms with Crippen molar-refractivity contribution in [3.63, 3.8) is 0 Å². The first-order valence-electron chi connectivity index (χ1n) is 9.96. The lowest BCUT2D eigenvalue weighted by Gasteiger charge is -2.20. The highest BCUT2D eigenvalue weighted by Gasteiger charge is 2.12. The fourth-order valence-corrected chi connectivity index (χ4v) is 3.07. The zero-order valence-corrected chi connectivity index (χ0v) is 16.9. The molecule has 0 spiro atoms. The molecular weight excluding hydrogens is 356 g/mol. The van der Waals surface area contributed by atoms with Crippen LogP contribution in [0.5, 0.6) is 5.88 Å². The van der Waals surface area contributed by atoms with E-state index in [0.29, 0.717) is 12.2 Å². The third-order valence-electron chi connectivity index (χ3n) is 4.76. The van der Waals surface area contributed by atoms with Crippen LogP contribution in [0, 0.1) is 0 Å². The molecule has 0 aliphatic carbocycles. The Balaban J connectivity index is 2.23. The summed E-state index contributed by atoms with van der Waals surface area (Å²) in [6.07, 6.45) is 5.18. The molecule has 2 N–H and O–H groups in total. The van der Waals surface area contributed by atoms with Gasteiger partial charge in [0.25, 0.3) is 5.56 Å². The number of nitrogens with zero attached hydrogens (tertiary/aromatic N) is 3. The fraction of sp³-hybridized carbons (Fsp3) is 0.476. The van der Waals surface area contributed by atoms with Crippen LogP contribution in [-0.4, -0.2) is 34.0 Å². The summed E-state index contributed by atoms with van der Waals surface area (Å²) in [4.78, 5) is 32.9. The number of aromatic nitrogens is 2. The normalized spacial score (nSPS) is 11.2. The van der Waals surface area contributed by atoms with E-state index in [1.807, 2.05) is 24.3 Å². The summed E-state index contributed by atoms with van der Waals surface area (Å²) >= 11 is 0. The Kier molecular flexibility index (Phi) is 8.04. The Morgan fingerprint density at radius 2 is 1.75 bits per heavy atom. The number of hydrogen-bond acceptors (Lipinski definition) is 5. The Labute approximate surface area is 165 Å². The summed E-state index contributed by atoms with van der Waals surface area (Å²) in [5.41, 5.74) is 0.513. The van der Waals surface area contributed by atoms with Crippen molar-refractivity contribution in [3.05, 3.63) is 50.7 Å². The van der Waals surface area contributed by atoms with Crippen molar-refractivity contribution in [2.45, 2.75) is 53.0 Å². The third-order valence-corrected chi connectivity index (χ3v) is 4.76. The number of aliphatic imine (C=N–C) groups is 1. The van der Waals surface area contributed by atoms with Crippen molar-refractivity contribution in [2.24, 2.45) is 4.99 Å². The van der Waals surface area contributed by atoms with Crippen molar-refractivity contribution in [2.75, 3.05) is 18.0 Å². The zero-order valence-electron chi connectivity index (χ0n) is 16.9. The molecule has 1 heterocycles. The molecule has 0 saturated heterocycles. The van der Waals surface area contributed by atoms with Crippen LogP contribution in [0.1, 0.15) is 52.0 Å². The number of unbranched alkanes of at least 4 members (excludes halogenated alkanes) is 3. The van der Waals surface area contributed by atoms with E-state index in [2.05, 4.69) is 35.6 Å². The van der Waals surface area contributed by atoms with Gasteiger partial charge in [0.2, 0.25) is 5.88 Å². The van der Waals surface area contributed by atoms with Gasteiger partial charge in [-0.2, -0.15) is 0 Å². The molecule has 0 saturated carbocycles. The van der Waals surface area contributed by atoms with Crippen LogP contribution in [0.15, 0.2) is 38.8 Å². The largest absolute Gasteiger partial charge is 0.494 e. The minimum atomic E-state index is -0.643. The van der Waals surface area contributed by atoms with Gasteiger partial charge in [0.1, 0.15) is 5.56 Å². The van der Waals surface area contributed by atoms with Gasteiger partial charge in [0.05, 0.1) is 5.69 Å². The highest BCUT2D eigenvalue weighted by atomic mass is 16.3. The number of hydrogen-bond donors (Lipinski definition) is 2. The Morgan fingerprint density at radius 1 is 1.07 bits per heavy atom. The first-order chi connectivity index (χ1) is 13.5. The monoisotopic (exact) mass is 386 g/mol. The van der Waals surface area contributed by atoms with Crippen molar-refractivity contribution < 1.29 is 5.11 Å². The molecule has 1 aromatic carbocycles. The van der Waals surface area contributed by atoms with Crippen molar-refractivity contribution in [3.8, 4) is 5.88 Å². The van der Waals surface area contributed by atoms with Crippen LogP contribution in [-0.2, 0) is 6.54 Å². The first kappa shape index (κ1) is 21.5. The van der Waals surface area contributed by atoms with Crippen LogP contribution in [0.4, 0.5) is 11.4 Å². The molecule has 0 aliphatic rings. The highest BCUT2D eigenvalue weighted by Crippen LogP contribution is 2.20. The van der Waals surface area contributed by atoms with E-state index in [4.69, 9.17) is 0 Å². The van der Waals surface area contributed by atoms with Crippen LogP contribution in [0.3, 0.4) is 0 Å². The summed E-state index contributed by atoms with van der Waals surface area (Å²) in [6.45, 7) is 8.50. The molecule has 28 heavy (non-hydrogen) atoms. The average Bonchev–Trinajstić information content (AvgIpc) is 2.69. The number of benzene rings is 1. The van der Waals surface area contributed by atoms with Gasteiger partial charge in [0, 0.05) is 31.5 Å². The maximum Gasteiger partial charge on any atom is 0.331 e. The van der Waals surface area contributed by atoms with Crippen molar-refractivity contribution in [1.29, 1.82) is 0 Å². The lowest BCUT2D eigenvalue weighted by Crippen LogP contribution is -2.32. The molecule has 0 aliphatic heterocycles. The molecule has 0 amide bonds. The van der Waals surface area contributed by atoms with E-state index < -0.39 is 11.2 Å². The molecule has 0 bridgehead atoms. The molecule has 1 aromatic heterocycles. The molecule has 7 nitrogen and oxygen atoms in total. The van der Waals surface area contributed by atoms with Gasteiger partial charge >= 0.3 is 5.69 Å². The van der Waals surface area contributed by atoms with Gasteiger partial charge in [-0.1, -0.05) is 26.2 Å². The maximum absolute atomic E-state index is 12.1. The summed E-state index contributed by atoms with van der Waals surface area (Å²) in [5, 5.41) is 10.4. The number of nitrogens with one attached hydrogen (secondary N) is 1. The molecule has 0 radical (unpaired) electrons. The summed E-state index contributed by atoms with van der Waals surface area (Å²) in [6, 6.07) is 7.66. The SMILES string of the molecule is CCCCCCn1c(O)c(C=Nc2ccc(N(CC)CC)cc2)c(=O)[nH]c1=O. The average molecular weight is 386 g/mol. The molecule has 7 heteroatoms. The van der Waals surface area contributed by atoms with Gasteiger partial charge in [-0.05, 0) is 44.5 Å². The predicted octanol–water partition coefficient (Wildman–Crippen LogP) is 3.42. The predicted molar refractivity (Wildman–Crippen MR) is 114 cm³/mol. The number of aromatic hydroxyl groups is 1. The summed E-state index contributed by atoms with van der Waals surface area (Å²) in [7, 11) is 0. The molecule has 2 rings (SSSR count).